The fourth-order valence-corrected chi connectivity index (χ4v) is 4.20. The fraction of sp³-hybridized carbons (Fsp3) is 0.667. The van der Waals surface area contributed by atoms with Gasteiger partial charge >= 0.3 is 6.09 Å². The van der Waals surface area contributed by atoms with Gasteiger partial charge in [0.25, 0.3) is 0 Å². The molecule has 0 aromatic heterocycles. The number of carbonyl (C=O) groups is 1. The van der Waals surface area contributed by atoms with Gasteiger partial charge in [-0.15, -0.1) is 0 Å². The molecule has 28 heavy (non-hydrogen) atoms. The quantitative estimate of drug-likeness (QED) is 0.393. The van der Waals surface area contributed by atoms with E-state index in [1.807, 2.05) is 32.0 Å². The summed E-state index contributed by atoms with van der Waals surface area (Å²) in [6.07, 6.45) is 1.46. The molecule has 1 fully saturated rings. The number of carbonyl (C=O) groups excluding carboxylic acids is 1. The average Bonchev–Trinajstić information content (AvgIpc) is 2.55. The molecule has 0 bridgehead atoms. The van der Waals surface area contributed by atoms with Crippen molar-refractivity contribution in [2.24, 2.45) is 17.8 Å². The first-order valence-corrected chi connectivity index (χ1v) is 11.0. The minimum atomic E-state index is -1.74. The van der Waals surface area contributed by atoms with Crippen molar-refractivity contribution in [2.75, 3.05) is 5.32 Å². The van der Waals surface area contributed by atoms with E-state index in [0.29, 0.717) is 17.8 Å². The van der Waals surface area contributed by atoms with E-state index in [0.717, 1.165) is 36.1 Å². The fourth-order valence-electron chi connectivity index (χ4n) is 3.87. The van der Waals surface area contributed by atoms with Crippen LogP contribution in [0.5, 0.6) is 0 Å². The number of amides is 1. The largest absolute Gasteiger partial charge is 0.446 e. The molecule has 0 radical (unpaired) electrons. The highest BCUT2D eigenvalue weighted by Crippen LogP contribution is 2.36. The highest BCUT2D eigenvalue weighted by molar-refractivity contribution is 6.68. The number of aryl methyl sites for hydroxylation is 2. The maximum absolute atomic E-state index is 12.6. The smallest absolute Gasteiger partial charge is 0.409 e. The first-order chi connectivity index (χ1) is 13.0. The summed E-state index contributed by atoms with van der Waals surface area (Å²) >= 11 is 18.4. The van der Waals surface area contributed by atoms with Gasteiger partial charge in [-0.3, -0.25) is 5.32 Å². The van der Waals surface area contributed by atoms with E-state index in [1.165, 1.54) is 0 Å². The van der Waals surface area contributed by atoms with Crippen molar-refractivity contribution in [1.29, 1.82) is 0 Å². The van der Waals surface area contributed by atoms with Crippen molar-refractivity contribution >= 4 is 46.6 Å². The second kappa shape index (κ2) is 9.77. The number of halogens is 3. The van der Waals surface area contributed by atoms with Crippen LogP contribution >= 0.6 is 34.8 Å². The molecule has 1 saturated carbocycles. The molecule has 1 amide bonds. The second-order valence-corrected chi connectivity index (χ2v) is 10.7. The molecule has 4 atom stereocenters. The number of hydrogen-bond donors (Lipinski definition) is 2. The Morgan fingerprint density at radius 2 is 1.89 bits per heavy atom. The minimum Gasteiger partial charge on any atom is -0.446 e. The van der Waals surface area contributed by atoms with E-state index in [-0.39, 0.29) is 6.10 Å². The zero-order valence-corrected chi connectivity index (χ0v) is 19.5. The van der Waals surface area contributed by atoms with Gasteiger partial charge in [-0.25, -0.2) is 4.79 Å². The number of anilines is 1. The molecule has 0 spiro atoms. The number of hydrogen-bond acceptors (Lipinski definition) is 3. The van der Waals surface area contributed by atoms with Crippen molar-refractivity contribution < 1.29 is 9.53 Å². The van der Waals surface area contributed by atoms with Crippen molar-refractivity contribution in [1.82, 2.24) is 5.32 Å². The van der Waals surface area contributed by atoms with Gasteiger partial charge in [0.2, 0.25) is 3.79 Å². The molecule has 1 aromatic rings. The zero-order chi connectivity index (χ0) is 21.1. The molecule has 1 aliphatic carbocycles. The Balaban J connectivity index is 2.08. The van der Waals surface area contributed by atoms with Crippen LogP contribution in [0.1, 0.15) is 51.2 Å². The molecular formula is C21H31Cl3N2O2. The van der Waals surface area contributed by atoms with Crippen LogP contribution in [0.3, 0.4) is 0 Å². The summed E-state index contributed by atoms with van der Waals surface area (Å²) in [7, 11) is 0. The lowest BCUT2D eigenvalue weighted by molar-refractivity contribution is 0.00534. The van der Waals surface area contributed by atoms with Gasteiger partial charge in [-0.05, 0) is 56.1 Å². The topological polar surface area (TPSA) is 50.4 Å². The van der Waals surface area contributed by atoms with Crippen LogP contribution in [-0.4, -0.2) is 22.2 Å². The monoisotopic (exact) mass is 448 g/mol. The van der Waals surface area contributed by atoms with Crippen molar-refractivity contribution in [3.8, 4) is 0 Å². The SMILES string of the molecule is Cc1ccc(N[C@H](NC(=O)O[C@H]2C[C@H](C)CC[C@@H]2C(C)C)C(Cl)(Cl)Cl)c(C)c1. The molecule has 2 N–H and O–H groups in total. The van der Waals surface area contributed by atoms with E-state index in [1.54, 1.807) is 0 Å². The molecule has 1 aliphatic rings. The van der Waals surface area contributed by atoms with Crippen molar-refractivity contribution in [3.05, 3.63) is 29.3 Å². The number of alkyl halides is 3. The molecule has 0 aliphatic heterocycles. The summed E-state index contributed by atoms with van der Waals surface area (Å²) in [4.78, 5) is 12.6. The van der Waals surface area contributed by atoms with Crippen LogP contribution in [-0.2, 0) is 4.74 Å². The molecule has 158 valence electrons. The first kappa shape index (κ1) is 23.4. The predicted octanol–water partition coefficient (Wildman–Crippen LogP) is 6.60. The predicted molar refractivity (Wildman–Crippen MR) is 118 cm³/mol. The third-order valence-electron chi connectivity index (χ3n) is 5.49. The van der Waals surface area contributed by atoms with E-state index in [9.17, 15) is 4.79 Å². The molecule has 4 nitrogen and oxygen atoms in total. The van der Waals surface area contributed by atoms with E-state index in [4.69, 9.17) is 39.5 Å². The van der Waals surface area contributed by atoms with E-state index < -0.39 is 16.1 Å². The molecule has 2 rings (SSSR count). The Labute approximate surface area is 183 Å². The molecule has 7 heteroatoms. The van der Waals surface area contributed by atoms with Crippen molar-refractivity contribution in [2.45, 2.75) is 69.9 Å². The lowest BCUT2D eigenvalue weighted by Gasteiger charge is -2.37. The molecule has 1 aromatic carbocycles. The van der Waals surface area contributed by atoms with Gasteiger partial charge in [-0.1, -0.05) is 79.7 Å². The summed E-state index contributed by atoms with van der Waals surface area (Å²) in [5.74, 6) is 1.33. The Morgan fingerprint density at radius 3 is 2.46 bits per heavy atom. The number of nitrogens with one attached hydrogen (secondary N) is 2. The normalized spacial score (nSPS) is 24.0. The highest BCUT2D eigenvalue weighted by Gasteiger charge is 2.37. The number of rotatable bonds is 5. The molecule has 0 unspecified atom stereocenters. The summed E-state index contributed by atoms with van der Waals surface area (Å²) in [5, 5.41) is 5.82. The Kier molecular flexibility index (Phi) is 8.18. The maximum atomic E-state index is 12.6. The van der Waals surface area contributed by atoms with Gasteiger partial charge in [0.05, 0.1) is 0 Å². The van der Waals surface area contributed by atoms with Gasteiger partial charge < -0.3 is 10.1 Å². The molecule has 0 saturated heterocycles. The highest BCUT2D eigenvalue weighted by atomic mass is 35.6. The van der Waals surface area contributed by atoms with Crippen LogP contribution in [0.25, 0.3) is 0 Å². The summed E-state index contributed by atoms with van der Waals surface area (Å²) < 4.78 is 4.04. The van der Waals surface area contributed by atoms with Crippen LogP contribution in [0.4, 0.5) is 10.5 Å². The van der Waals surface area contributed by atoms with Gasteiger partial charge in [0.15, 0.2) is 0 Å². The molecule has 0 heterocycles. The Hall–Kier alpha value is -0.840. The second-order valence-electron chi connectivity index (χ2n) is 8.35. The van der Waals surface area contributed by atoms with Gasteiger partial charge in [-0.2, -0.15) is 0 Å². The van der Waals surface area contributed by atoms with Gasteiger partial charge in [0, 0.05) is 5.69 Å². The number of benzene rings is 1. The minimum absolute atomic E-state index is 0.124. The van der Waals surface area contributed by atoms with E-state index >= 15 is 0 Å². The maximum Gasteiger partial charge on any atom is 0.409 e. The zero-order valence-electron chi connectivity index (χ0n) is 17.2. The van der Waals surface area contributed by atoms with Gasteiger partial charge in [0.1, 0.15) is 12.3 Å². The third-order valence-corrected chi connectivity index (χ3v) is 6.15. The summed E-state index contributed by atoms with van der Waals surface area (Å²) in [5.41, 5.74) is 2.91. The lowest BCUT2D eigenvalue weighted by atomic mass is 9.75. The molecular weight excluding hydrogens is 419 g/mol. The Bertz CT molecular complexity index is 676. The van der Waals surface area contributed by atoms with Crippen molar-refractivity contribution in [3.63, 3.8) is 0 Å². The summed E-state index contributed by atoms with van der Waals surface area (Å²) in [6, 6.07) is 5.88. The summed E-state index contributed by atoms with van der Waals surface area (Å²) in [6.45, 7) is 10.5. The average molecular weight is 450 g/mol. The number of ether oxygens (including phenoxy) is 1. The van der Waals surface area contributed by atoms with E-state index in [2.05, 4.69) is 31.4 Å². The number of alkyl carbamates (subject to hydrolysis) is 1. The third kappa shape index (κ3) is 6.60. The van der Waals surface area contributed by atoms with Crippen LogP contribution in [0.2, 0.25) is 0 Å². The first-order valence-electron chi connectivity index (χ1n) is 9.85. The van der Waals surface area contributed by atoms with Crippen LogP contribution in [0, 0.1) is 31.6 Å². The standard InChI is InChI=1S/C21H31Cl3N2O2/c1-12(2)16-8-6-14(4)11-18(16)28-20(27)26-19(21(22,23)24)25-17-9-7-13(3)10-15(17)5/h7,9-10,12,14,16,18-19,25H,6,8,11H2,1-5H3,(H,26,27)/t14-,16-,18+,19-/m1/s1. The Morgan fingerprint density at radius 1 is 1.21 bits per heavy atom. The van der Waals surface area contributed by atoms with Crippen LogP contribution < -0.4 is 10.6 Å². The lowest BCUT2D eigenvalue weighted by Crippen LogP contribution is -2.50. The van der Waals surface area contributed by atoms with Crippen LogP contribution in [0.15, 0.2) is 18.2 Å².